The average Bonchev–Trinajstić information content (AvgIpc) is 2.34. The lowest BCUT2D eigenvalue weighted by Gasteiger charge is -2.09. The molecule has 0 saturated carbocycles. The molecule has 1 aromatic rings. The molecule has 0 fully saturated rings. The van der Waals surface area contributed by atoms with E-state index in [-0.39, 0.29) is 18.5 Å². The maximum absolute atomic E-state index is 11.1. The van der Waals surface area contributed by atoms with Gasteiger partial charge in [-0.3, -0.25) is 9.59 Å². The van der Waals surface area contributed by atoms with E-state index >= 15 is 0 Å². The van der Waals surface area contributed by atoms with E-state index in [1.54, 1.807) is 31.3 Å². The first-order valence-electron chi connectivity index (χ1n) is 5.36. The number of ether oxygens (including phenoxy) is 1. The molecule has 6 nitrogen and oxygen atoms in total. The van der Waals surface area contributed by atoms with Crippen molar-refractivity contribution >= 4 is 17.4 Å². The van der Waals surface area contributed by atoms with Gasteiger partial charge in [-0.1, -0.05) is 5.22 Å². The maximum atomic E-state index is 11.1. The molecule has 0 N–H and O–H groups in total. The lowest BCUT2D eigenvalue weighted by atomic mass is 10.1. The van der Waals surface area contributed by atoms with E-state index in [0.29, 0.717) is 11.3 Å². The largest absolute Gasteiger partial charge is 0.443 e. The second-order valence-electron chi connectivity index (χ2n) is 3.72. The van der Waals surface area contributed by atoms with Crippen LogP contribution in [0.15, 0.2) is 34.6 Å². The zero-order valence-electron chi connectivity index (χ0n) is 10.6. The van der Waals surface area contributed by atoms with Gasteiger partial charge in [-0.05, 0) is 31.2 Å². The smallest absolute Gasteiger partial charge is 0.304 e. The molecule has 0 atom stereocenters. The van der Waals surface area contributed by atoms with E-state index < -0.39 is 0 Å². The monoisotopic (exact) mass is 249 g/mol. The number of Topliss-reactive ketones (excluding diaryl/α,β-unsaturated/α-hetero) is 1. The second-order valence-corrected chi connectivity index (χ2v) is 3.72. The third kappa shape index (κ3) is 4.73. The van der Waals surface area contributed by atoms with Crippen LogP contribution >= 0.6 is 0 Å². The fourth-order valence-corrected chi connectivity index (χ4v) is 1.10. The summed E-state index contributed by atoms with van der Waals surface area (Å²) >= 11 is 0. The number of esters is 1. The van der Waals surface area contributed by atoms with Crippen LogP contribution in [0.1, 0.15) is 24.2 Å². The molecule has 0 aliphatic heterocycles. The van der Waals surface area contributed by atoms with Crippen molar-refractivity contribution in [2.75, 3.05) is 13.8 Å². The van der Waals surface area contributed by atoms with E-state index in [0.717, 1.165) is 0 Å². The molecule has 0 bridgehead atoms. The van der Waals surface area contributed by atoms with E-state index in [4.69, 9.17) is 4.74 Å². The predicted molar refractivity (Wildman–Crippen MR) is 65.4 cm³/mol. The van der Waals surface area contributed by atoms with Crippen LogP contribution in [-0.4, -0.2) is 30.5 Å². The van der Waals surface area contributed by atoms with Gasteiger partial charge in [0.15, 0.2) is 12.5 Å². The molecule has 0 amide bonds. The van der Waals surface area contributed by atoms with Gasteiger partial charge in [0.1, 0.15) is 0 Å². The minimum Gasteiger partial charge on any atom is -0.443 e. The van der Waals surface area contributed by atoms with Gasteiger partial charge in [0.2, 0.25) is 0 Å². The van der Waals surface area contributed by atoms with E-state index in [9.17, 15) is 9.59 Å². The Balaban J connectivity index is 2.55. The molecular formula is C12H15N3O3. The molecular weight excluding hydrogens is 234 g/mol. The number of carbonyl (C=O) groups excluding carboxylic acids is 2. The summed E-state index contributed by atoms with van der Waals surface area (Å²) in [6, 6.07) is 6.76. The fourth-order valence-electron chi connectivity index (χ4n) is 1.10. The molecule has 0 saturated heterocycles. The first-order chi connectivity index (χ1) is 8.49. The molecule has 0 radical (unpaired) electrons. The Bertz CT molecular complexity index is 454. The van der Waals surface area contributed by atoms with Gasteiger partial charge in [0.25, 0.3) is 0 Å². The Morgan fingerprint density at radius 2 is 1.83 bits per heavy atom. The summed E-state index contributed by atoms with van der Waals surface area (Å²) in [5, 5.41) is 9.16. The van der Waals surface area contributed by atoms with Gasteiger partial charge in [-0.2, -0.15) is 0 Å². The van der Waals surface area contributed by atoms with Crippen LogP contribution in [0.2, 0.25) is 0 Å². The van der Waals surface area contributed by atoms with Crippen LogP contribution in [0.4, 0.5) is 5.69 Å². The summed E-state index contributed by atoms with van der Waals surface area (Å²) in [7, 11) is 1.64. The number of carbonyl (C=O) groups is 2. The van der Waals surface area contributed by atoms with Crippen LogP contribution in [-0.2, 0) is 9.53 Å². The molecule has 6 heteroatoms. The molecule has 96 valence electrons. The van der Waals surface area contributed by atoms with Crippen molar-refractivity contribution in [3.63, 3.8) is 0 Å². The van der Waals surface area contributed by atoms with Gasteiger partial charge in [0, 0.05) is 19.5 Å². The first kappa shape index (κ1) is 13.8. The maximum Gasteiger partial charge on any atom is 0.304 e. The summed E-state index contributed by atoms with van der Waals surface area (Å²) in [6.07, 6.45) is 0. The Morgan fingerprint density at radius 3 is 2.33 bits per heavy atom. The molecule has 0 aliphatic carbocycles. The van der Waals surface area contributed by atoms with Crippen molar-refractivity contribution in [1.82, 2.24) is 5.01 Å². The number of hydrogen-bond acceptors (Lipinski definition) is 5. The topological polar surface area (TPSA) is 71.3 Å². The summed E-state index contributed by atoms with van der Waals surface area (Å²) in [6.45, 7) is 2.87. The fraction of sp³-hybridized carbons (Fsp3) is 0.333. The zero-order valence-corrected chi connectivity index (χ0v) is 10.6. The van der Waals surface area contributed by atoms with E-state index in [1.807, 2.05) is 0 Å². The van der Waals surface area contributed by atoms with Gasteiger partial charge < -0.3 is 4.74 Å². The Morgan fingerprint density at radius 1 is 1.22 bits per heavy atom. The molecule has 18 heavy (non-hydrogen) atoms. The third-order valence-electron chi connectivity index (χ3n) is 2.04. The van der Waals surface area contributed by atoms with Gasteiger partial charge in [-0.25, -0.2) is 5.01 Å². The van der Waals surface area contributed by atoms with Gasteiger partial charge >= 0.3 is 5.97 Å². The third-order valence-corrected chi connectivity index (χ3v) is 2.04. The van der Waals surface area contributed by atoms with Crippen molar-refractivity contribution in [1.29, 1.82) is 0 Å². The normalized spacial score (nSPS) is 10.4. The molecule has 0 aliphatic rings. The molecule has 0 spiro atoms. The first-order valence-corrected chi connectivity index (χ1v) is 5.36. The second kappa shape index (κ2) is 6.48. The van der Waals surface area contributed by atoms with E-state index in [1.165, 1.54) is 18.9 Å². The predicted octanol–water partition coefficient (Wildman–Crippen LogP) is 2.34. The summed E-state index contributed by atoms with van der Waals surface area (Å²) in [4.78, 5) is 21.6. The van der Waals surface area contributed by atoms with Crippen LogP contribution in [0, 0.1) is 0 Å². The lowest BCUT2D eigenvalue weighted by molar-refractivity contribution is -0.145. The summed E-state index contributed by atoms with van der Waals surface area (Å²) < 4.78 is 4.73. The highest BCUT2D eigenvalue weighted by Crippen LogP contribution is 2.14. The van der Waals surface area contributed by atoms with Crippen molar-refractivity contribution < 1.29 is 14.3 Å². The van der Waals surface area contributed by atoms with Crippen molar-refractivity contribution in [3.8, 4) is 0 Å². The summed E-state index contributed by atoms with van der Waals surface area (Å²) in [5.74, 6) is -0.367. The quantitative estimate of drug-likeness (QED) is 0.264. The lowest BCUT2D eigenvalue weighted by Crippen LogP contribution is -2.16. The number of ketones is 1. The van der Waals surface area contributed by atoms with Crippen LogP contribution in [0.3, 0.4) is 0 Å². The SMILES string of the molecule is CC(=O)OCN(C)N=Nc1ccc(C(C)=O)cc1. The Kier molecular flexibility index (Phi) is 4.98. The average molecular weight is 249 g/mol. The van der Waals surface area contributed by atoms with Gasteiger partial charge in [-0.15, -0.1) is 5.11 Å². The van der Waals surface area contributed by atoms with Gasteiger partial charge in [0.05, 0.1) is 5.69 Å². The molecule has 0 unspecified atom stereocenters. The number of benzene rings is 1. The Labute approximate surface area is 105 Å². The highest BCUT2D eigenvalue weighted by Gasteiger charge is 1.99. The molecule has 1 rings (SSSR count). The van der Waals surface area contributed by atoms with E-state index in [2.05, 4.69) is 10.3 Å². The molecule has 1 aromatic carbocycles. The van der Waals surface area contributed by atoms with Crippen LogP contribution < -0.4 is 0 Å². The highest BCUT2D eigenvalue weighted by atomic mass is 16.5. The summed E-state index contributed by atoms with van der Waals surface area (Å²) in [5.41, 5.74) is 1.25. The van der Waals surface area contributed by atoms with Crippen molar-refractivity contribution in [3.05, 3.63) is 29.8 Å². The minimum absolute atomic E-state index is 0.00506. The van der Waals surface area contributed by atoms with Crippen LogP contribution in [0.5, 0.6) is 0 Å². The van der Waals surface area contributed by atoms with Crippen LogP contribution in [0.25, 0.3) is 0 Å². The zero-order chi connectivity index (χ0) is 13.5. The highest BCUT2D eigenvalue weighted by molar-refractivity contribution is 5.94. The number of rotatable bonds is 5. The molecule has 0 heterocycles. The number of hydrogen-bond donors (Lipinski definition) is 0. The molecule has 0 aromatic heterocycles. The van der Waals surface area contributed by atoms with Crippen molar-refractivity contribution in [2.24, 2.45) is 10.3 Å². The van der Waals surface area contributed by atoms with Crippen molar-refractivity contribution in [2.45, 2.75) is 13.8 Å². The standard InChI is InChI=1S/C12H15N3O3/c1-9(16)11-4-6-12(7-5-11)13-14-15(3)8-18-10(2)17/h4-7H,8H2,1-3H3. The Hall–Kier alpha value is -2.24. The number of nitrogens with zero attached hydrogens (tertiary/aromatic N) is 3. The minimum atomic E-state index is -0.372.